The van der Waals surface area contributed by atoms with Crippen molar-refractivity contribution in [1.82, 2.24) is 0 Å². The van der Waals surface area contributed by atoms with Gasteiger partial charge in [0, 0.05) is 5.69 Å². The summed E-state index contributed by atoms with van der Waals surface area (Å²) in [5.74, 6) is 0.0426. The molecule has 1 aliphatic heterocycles. The minimum absolute atomic E-state index is 0.234. The molecule has 1 amide bonds. The smallest absolute Gasteiger partial charge is 0.258 e. The second kappa shape index (κ2) is 8.65. The van der Waals surface area contributed by atoms with Crippen LogP contribution >= 0.6 is 0 Å². The van der Waals surface area contributed by atoms with Gasteiger partial charge in [-0.05, 0) is 47.5 Å². The first-order valence-electron chi connectivity index (χ1n) is 9.64. The van der Waals surface area contributed by atoms with Crippen LogP contribution in [0.1, 0.15) is 17.2 Å². The number of amides is 1. The maximum absolute atomic E-state index is 13.3. The van der Waals surface area contributed by atoms with E-state index in [4.69, 9.17) is 9.47 Å². The quantitative estimate of drug-likeness (QED) is 0.604. The molecule has 1 N–H and O–H groups in total. The van der Waals surface area contributed by atoms with Gasteiger partial charge in [-0.3, -0.25) is 4.79 Å². The molecule has 6 heteroatoms. The van der Waals surface area contributed by atoms with Crippen molar-refractivity contribution in [3.63, 3.8) is 0 Å². The van der Waals surface area contributed by atoms with E-state index in [1.807, 2.05) is 30.3 Å². The summed E-state index contributed by atoms with van der Waals surface area (Å²) in [6.07, 6.45) is -1.85. The van der Waals surface area contributed by atoms with Gasteiger partial charge in [0.25, 0.3) is 5.91 Å². The molecular weight excluding hydrogens is 385 g/mol. The third kappa shape index (κ3) is 3.92. The molecule has 3 atom stereocenters. The number of carbonyl (C=O) groups excluding carboxylic acids is 1. The Balaban J connectivity index is 1.60. The Bertz CT molecular complexity index is 992. The number of benzene rings is 3. The predicted octanol–water partition coefficient (Wildman–Crippen LogP) is 3.87. The fraction of sp³-hybridized carbons (Fsp3) is 0.208. The second-order valence-corrected chi connectivity index (χ2v) is 7.11. The topological polar surface area (TPSA) is 59.0 Å². The monoisotopic (exact) mass is 407 g/mol. The van der Waals surface area contributed by atoms with Gasteiger partial charge in [-0.25, -0.2) is 4.39 Å². The molecule has 1 fully saturated rings. The van der Waals surface area contributed by atoms with E-state index in [0.29, 0.717) is 17.0 Å². The van der Waals surface area contributed by atoms with E-state index in [2.05, 4.69) is 0 Å². The standard InChI is InChI=1S/C24H22FNO4/c1-29-20-13-11-19(12-14-20)26-21(22(27)17-7-9-18(25)10-8-17)23(24(26)28)30-15-16-5-3-2-4-6-16/h2-14,21-23,27H,15H2,1H3/t21-,22+,23+/m0/s1. The lowest BCUT2D eigenvalue weighted by molar-refractivity contribution is -0.149. The van der Waals surface area contributed by atoms with Crippen LogP contribution in [0.25, 0.3) is 0 Å². The first-order valence-corrected chi connectivity index (χ1v) is 9.64. The number of aliphatic hydroxyl groups is 1. The average molecular weight is 407 g/mol. The number of hydrogen-bond acceptors (Lipinski definition) is 4. The van der Waals surface area contributed by atoms with Gasteiger partial charge in [-0.1, -0.05) is 42.5 Å². The van der Waals surface area contributed by atoms with Crippen LogP contribution in [0.3, 0.4) is 0 Å². The van der Waals surface area contributed by atoms with Crippen LogP contribution < -0.4 is 9.64 Å². The van der Waals surface area contributed by atoms with Crippen molar-refractivity contribution in [3.8, 4) is 5.75 Å². The van der Waals surface area contributed by atoms with E-state index in [0.717, 1.165) is 5.56 Å². The zero-order valence-electron chi connectivity index (χ0n) is 16.4. The fourth-order valence-electron chi connectivity index (χ4n) is 3.62. The maximum Gasteiger partial charge on any atom is 0.258 e. The van der Waals surface area contributed by atoms with Gasteiger partial charge in [-0.2, -0.15) is 0 Å². The van der Waals surface area contributed by atoms with Crippen molar-refractivity contribution in [2.24, 2.45) is 0 Å². The number of nitrogens with zero attached hydrogens (tertiary/aromatic N) is 1. The van der Waals surface area contributed by atoms with E-state index in [1.54, 1.807) is 31.4 Å². The molecule has 1 aliphatic rings. The number of methoxy groups -OCH3 is 1. The SMILES string of the molecule is COc1ccc(N2C(=O)[C@H](OCc3ccccc3)[C@@H]2[C@H](O)c2ccc(F)cc2)cc1. The molecular formula is C24H22FNO4. The first-order chi connectivity index (χ1) is 14.6. The van der Waals surface area contributed by atoms with Crippen molar-refractivity contribution in [1.29, 1.82) is 0 Å². The molecule has 30 heavy (non-hydrogen) atoms. The summed E-state index contributed by atoms with van der Waals surface area (Å²) in [7, 11) is 1.57. The van der Waals surface area contributed by atoms with Crippen LogP contribution in [0.2, 0.25) is 0 Å². The zero-order valence-corrected chi connectivity index (χ0v) is 16.4. The minimum Gasteiger partial charge on any atom is -0.497 e. The highest BCUT2D eigenvalue weighted by molar-refractivity contribution is 6.05. The summed E-state index contributed by atoms with van der Waals surface area (Å²) in [4.78, 5) is 14.5. The highest BCUT2D eigenvalue weighted by atomic mass is 19.1. The highest BCUT2D eigenvalue weighted by Gasteiger charge is 2.53. The fourth-order valence-corrected chi connectivity index (χ4v) is 3.62. The average Bonchev–Trinajstić information content (AvgIpc) is 2.78. The van der Waals surface area contributed by atoms with Gasteiger partial charge in [0.05, 0.1) is 13.7 Å². The lowest BCUT2D eigenvalue weighted by atomic mass is 9.87. The van der Waals surface area contributed by atoms with Crippen molar-refractivity contribution in [2.45, 2.75) is 24.9 Å². The van der Waals surface area contributed by atoms with Gasteiger partial charge in [0.15, 0.2) is 6.10 Å². The Morgan fingerprint density at radius 3 is 2.30 bits per heavy atom. The van der Waals surface area contributed by atoms with Crippen LogP contribution in [-0.4, -0.2) is 30.3 Å². The molecule has 0 radical (unpaired) electrons. The molecule has 0 aromatic heterocycles. The number of carbonyl (C=O) groups is 1. The molecule has 0 unspecified atom stereocenters. The number of hydrogen-bond donors (Lipinski definition) is 1. The van der Waals surface area contributed by atoms with Crippen molar-refractivity contribution < 1.29 is 23.8 Å². The minimum atomic E-state index is -1.04. The second-order valence-electron chi connectivity index (χ2n) is 7.11. The van der Waals surface area contributed by atoms with Gasteiger partial charge < -0.3 is 19.5 Å². The lowest BCUT2D eigenvalue weighted by Gasteiger charge is -2.48. The number of halogens is 1. The van der Waals surface area contributed by atoms with Crippen LogP contribution in [0.5, 0.6) is 5.75 Å². The largest absolute Gasteiger partial charge is 0.497 e. The zero-order chi connectivity index (χ0) is 21.1. The molecule has 154 valence electrons. The Kier molecular flexibility index (Phi) is 5.79. The van der Waals surface area contributed by atoms with Crippen LogP contribution in [0, 0.1) is 5.82 Å². The summed E-state index contributed by atoms with van der Waals surface area (Å²) >= 11 is 0. The normalized spacial score (nSPS) is 19.3. The number of rotatable bonds is 7. The van der Waals surface area contributed by atoms with Gasteiger partial charge in [0.1, 0.15) is 23.7 Å². The van der Waals surface area contributed by atoms with Gasteiger partial charge in [0.2, 0.25) is 0 Å². The number of β-lactam (4-membered cyclic amide) rings is 1. The van der Waals surface area contributed by atoms with Crippen LogP contribution in [-0.2, 0) is 16.1 Å². The molecule has 3 aromatic rings. The number of ether oxygens (including phenoxy) is 2. The number of anilines is 1. The molecule has 0 saturated carbocycles. The van der Waals surface area contributed by atoms with E-state index < -0.39 is 18.2 Å². The molecule has 0 bridgehead atoms. The molecule has 3 aromatic carbocycles. The molecule has 1 saturated heterocycles. The highest BCUT2D eigenvalue weighted by Crippen LogP contribution is 2.38. The van der Waals surface area contributed by atoms with Crippen LogP contribution in [0.4, 0.5) is 10.1 Å². The Morgan fingerprint density at radius 1 is 1.00 bits per heavy atom. The molecule has 1 heterocycles. The van der Waals surface area contributed by atoms with E-state index in [9.17, 15) is 14.3 Å². The summed E-state index contributed by atoms with van der Waals surface area (Å²) in [5, 5.41) is 11.0. The third-order valence-electron chi connectivity index (χ3n) is 5.25. The van der Waals surface area contributed by atoms with Crippen molar-refractivity contribution in [3.05, 3.63) is 95.8 Å². The molecule has 0 spiro atoms. The summed E-state index contributed by atoms with van der Waals surface area (Å²) in [6, 6.07) is 21.5. The molecule has 4 rings (SSSR count). The summed E-state index contributed by atoms with van der Waals surface area (Å²) in [6.45, 7) is 0.250. The summed E-state index contributed by atoms with van der Waals surface area (Å²) < 4.78 is 24.4. The lowest BCUT2D eigenvalue weighted by Crippen LogP contribution is -2.68. The first kappa shape index (κ1) is 20.1. The Morgan fingerprint density at radius 2 is 1.67 bits per heavy atom. The Labute approximate surface area is 174 Å². The summed E-state index contributed by atoms with van der Waals surface area (Å²) in [5.41, 5.74) is 2.08. The Hall–Kier alpha value is -3.22. The van der Waals surface area contributed by atoms with Gasteiger partial charge >= 0.3 is 0 Å². The third-order valence-corrected chi connectivity index (χ3v) is 5.25. The number of aliphatic hydroxyl groups excluding tert-OH is 1. The van der Waals surface area contributed by atoms with E-state index in [1.165, 1.54) is 29.2 Å². The van der Waals surface area contributed by atoms with E-state index in [-0.39, 0.29) is 18.3 Å². The van der Waals surface area contributed by atoms with Crippen molar-refractivity contribution >= 4 is 11.6 Å². The predicted molar refractivity (Wildman–Crippen MR) is 111 cm³/mol. The molecule has 5 nitrogen and oxygen atoms in total. The maximum atomic E-state index is 13.3. The van der Waals surface area contributed by atoms with Gasteiger partial charge in [-0.15, -0.1) is 0 Å². The van der Waals surface area contributed by atoms with Crippen LogP contribution in [0.15, 0.2) is 78.9 Å². The van der Waals surface area contributed by atoms with Crippen molar-refractivity contribution in [2.75, 3.05) is 12.0 Å². The molecule has 0 aliphatic carbocycles. The van der Waals surface area contributed by atoms with E-state index >= 15 is 0 Å².